The fourth-order valence-corrected chi connectivity index (χ4v) is 21.4. The fourth-order valence-electron chi connectivity index (χ4n) is 3.39. The monoisotopic (exact) mass is 445 g/mol. The smallest absolute Gasteiger partial charge is 0.315 e. The molecule has 0 saturated heterocycles. The summed E-state index contributed by atoms with van der Waals surface area (Å²) in [6.07, 6.45) is 8.50. The van der Waals surface area contributed by atoms with Gasteiger partial charge in [-0.05, 0) is 71.4 Å². The molecule has 0 aliphatic heterocycles. The van der Waals surface area contributed by atoms with E-state index in [-0.39, 0.29) is 11.8 Å². The first-order chi connectivity index (χ1) is 12.1. The zero-order valence-electron chi connectivity index (χ0n) is 18.6. The highest BCUT2D eigenvalue weighted by Gasteiger charge is 2.44. The zero-order chi connectivity index (χ0) is 20.9. The molecule has 156 valence electrons. The van der Waals surface area contributed by atoms with Crippen LogP contribution in [0.4, 0.5) is 0 Å². The third kappa shape index (κ3) is 10.7. The van der Waals surface area contributed by atoms with Crippen LogP contribution in [0.1, 0.15) is 6.42 Å². The molecule has 1 N–H and O–H groups in total. The van der Waals surface area contributed by atoms with E-state index in [4.69, 9.17) is 12.3 Å². The summed E-state index contributed by atoms with van der Waals surface area (Å²) in [5, 5.41) is 3.03. The van der Waals surface area contributed by atoms with E-state index in [0.29, 0.717) is 6.54 Å². The Balaban J connectivity index is 2.65. The Morgan fingerprint density at radius 2 is 1.37 bits per heavy atom. The molecule has 0 aromatic rings. The summed E-state index contributed by atoms with van der Waals surface area (Å²) in [7, 11) is -8.06. The van der Waals surface area contributed by atoms with Crippen molar-refractivity contribution < 1.29 is 17.1 Å². The van der Waals surface area contributed by atoms with Crippen LogP contribution in [0.2, 0.25) is 65.0 Å². The maximum Gasteiger partial charge on any atom is 0.315 e. The zero-order valence-corrected chi connectivity index (χ0v) is 22.6. The average molecular weight is 446 g/mol. The maximum atomic E-state index is 12.1. The summed E-state index contributed by atoms with van der Waals surface area (Å²) in [5.74, 6) is -0.0632. The number of nitrogens with one attached hydrogen (secondary N) is 1. The molecule has 1 unspecified atom stereocenters. The maximum absolute atomic E-state index is 12.1. The van der Waals surface area contributed by atoms with E-state index in [0.717, 1.165) is 12.5 Å². The molecule has 27 heavy (non-hydrogen) atoms. The van der Waals surface area contributed by atoms with Crippen LogP contribution < -0.4 is 5.32 Å². The number of rotatable bonds is 11. The lowest BCUT2D eigenvalue weighted by molar-refractivity contribution is -0.122. The summed E-state index contributed by atoms with van der Waals surface area (Å²) in [4.78, 5) is 12.1. The second-order valence-electron chi connectivity index (χ2n) is 9.75. The minimum atomic E-state index is -2.38. The molecule has 0 fully saturated rings. The molecule has 0 bridgehead atoms. The second kappa shape index (κ2) is 9.46. The van der Waals surface area contributed by atoms with Crippen molar-refractivity contribution in [2.45, 2.75) is 71.4 Å². The molecule has 0 radical (unpaired) electrons. The van der Waals surface area contributed by atoms with Gasteiger partial charge in [0.1, 0.15) is 0 Å². The molecule has 1 atom stereocenters. The molecule has 1 aliphatic carbocycles. The van der Waals surface area contributed by atoms with Crippen LogP contribution in [0, 0.1) is 5.92 Å². The lowest BCUT2D eigenvalue weighted by Crippen LogP contribution is -2.57. The van der Waals surface area contributed by atoms with Crippen LogP contribution in [-0.4, -0.2) is 46.2 Å². The van der Waals surface area contributed by atoms with Crippen molar-refractivity contribution in [2.75, 3.05) is 6.54 Å². The number of amides is 1. The highest BCUT2D eigenvalue weighted by Crippen LogP contribution is 2.27. The van der Waals surface area contributed by atoms with Gasteiger partial charge in [0.2, 0.25) is 5.91 Å². The molecule has 0 aromatic heterocycles. The fraction of sp³-hybridized carbons (Fsp3) is 0.722. The van der Waals surface area contributed by atoms with Gasteiger partial charge < -0.3 is 17.7 Å². The molecule has 9 heteroatoms. The SMILES string of the molecule is C[Si](C)(C)O[Si](C)(C)O[Si](C)(CCCNC(=O)C1C=CC=C1)O[Si](C)(C)C. The second-order valence-corrected chi connectivity index (χ2v) is 26.2. The first-order valence-corrected chi connectivity index (χ1v) is 22.0. The first-order valence-electron chi connectivity index (χ1n) is 9.84. The third-order valence-electron chi connectivity index (χ3n) is 3.69. The molecule has 1 amide bonds. The minimum absolute atomic E-state index is 0.0622. The highest BCUT2D eigenvalue weighted by atomic mass is 28.5. The lowest BCUT2D eigenvalue weighted by atomic mass is 10.1. The lowest BCUT2D eigenvalue weighted by Gasteiger charge is -2.41. The van der Waals surface area contributed by atoms with E-state index in [1.165, 1.54) is 0 Å². The Morgan fingerprint density at radius 3 is 1.85 bits per heavy atom. The number of hydrogen-bond donors (Lipinski definition) is 1. The van der Waals surface area contributed by atoms with Gasteiger partial charge in [-0.3, -0.25) is 4.79 Å². The normalized spacial score (nSPS) is 18.0. The van der Waals surface area contributed by atoms with Gasteiger partial charge in [0, 0.05) is 6.54 Å². The van der Waals surface area contributed by atoms with Crippen LogP contribution in [0.15, 0.2) is 24.3 Å². The molecule has 0 heterocycles. The first kappa shape index (κ1) is 24.7. The topological polar surface area (TPSA) is 56.8 Å². The van der Waals surface area contributed by atoms with Crippen LogP contribution >= 0.6 is 0 Å². The largest absolute Gasteiger partial charge is 0.437 e. The predicted octanol–water partition coefficient (Wildman–Crippen LogP) is 4.73. The quantitative estimate of drug-likeness (QED) is 0.369. The predicted molar refractivity (Wildman–Crippen MR) is 123 cm³/mol. The average Bonchev–Trinajstić information content (AvgIpc) is 2.91. The van der Waals surface area contributed by atoms with E-state index in [2.05, 4.69) is 64.2 Å². The molecule has 1 aliphatic rings. The van der Waals surface area contributed by atoms with E-state index in [1.54, 1.807) is 0 Å². The van der Waals surface area contributed by atoms with E-state index >= 15 is 0 Å². The van der Waals surface area contributed by atoms with Crippen molar-refractivity contribution in [2.24, 2.45) is 5.92 Å². The Labute approximate surface area is 170 Å². The van der Waals surface area contributed by atoms with Crippen molar-refractivity contribution in [1.29, 1.82) is 0 Å². The summed E-state index contributed by atoms with van der Waals surface area (Å²) < 4.78 is 19.6. The van der Waals surface area contributed by atoms with Crippen molar-refractivity contribution in [3.05, 3.63) is 24.3 Å². The minimum Gasteiger partial charge on any atom is -0.437 e. The summed E-state index contributed by atoms with van der Waals surface area (Å²) >= 11 is 0. The molecule has 0 aromatic carbocycles. The standard InChI is InChI=1S/C18H39NO4Si4/c1-24(2,3)21-26(7,8)23-27(9,22-25(4,5)6)16-12-15-19-18(20)17-13-10-11-14-17/h10-11,13-14,17H,12,15-16H2,1-9H3,(H,19,20). The third-order valence-corrected chi connectivity index (χ3v) is 17.2. The van der Waals surface area contributed by atoms with Gasteiger partial charge in [0.05, 0.1) is 5.92 Å². The van der Waals surface area contributed by atoms with Crippen LogP contribution in [0.3, 0.4) is 0 Å². The van der Waals surface area contributed by atoms with Crippen LogP contribution in [0.5, 0.6) is 0 Å². The van der Waals surface area contributed by atoms with Gasteiger partial charge in [0.15, 0.2) is 16.6 Å². The Bertz CT molecular complexity index is 555. The molecule has 0 saturated carbocycles. The molecule has 1 rings (SSSR count). The molecular formula is C18H39NO4Si4. The van der Waals surface area contributed by atoms with Crippen molar-refractivity contribution in [3.8, 4) is 0 Å². The van der Waals surface area contributed by atoms with Gasteiger partial charge in [0.25, 0.3) is 0 Å². The van der Waals surface area contributed by atoms with Gasteiger partial charge in [-0.15, -0.1) is 0 Å². The van der Waals surface area contributed by atoms with Gasteiger partial charge in [-0.1, -0.05) is 24.3 Å². The summed E-state index contributed by atoms with van der Waals surface area (Å²) in [5.41, 5.74) is 0. The Morgan fingerprint density at radius 1 is 0.852 bits per heavy atom. The van der Waals surface area contributed by atoms with Crippen LogP contribution in [-0.2, 0) is 17.1 Å². The highest BCUT2D eigenvalue weighted by molar-refractivity contribution is 6.89. The van der Waals surface area contributed by atoms with E-state index < -0.39 is 33.8 Å². The number of allylic oxidation sites excluding steroid dienone is 2. The van der Waals surface area contributed by atoms with Crippen LogP contribution in [0.25, 0.3) is 0 Å². The van der Waals surface area contributed by atoms with Gasteiger partial charge in [-0.25, -0.2) is 0 Å². The van der Waals surface area contributed by atoms with E-state index in [9.17, 15) is 4.79 Å². The number of hydrogen-bond acceptors (Lipinski definition) is 4. The van der Waals surface area contributed by atoms with Gasteiger partial charge in [-0.2, -0.15) is 0 Å². The van der Waals surface area contributed by atoms with Crippen molar-refractivity contribution in [1.82, 2.24) is 5.32 Å². The number of carbonyl (C=O) groups is 1. The Hall–Kier alpha value is -0.302. The molecular weight excluding hydrogens is 407 g/mol. The van der Waals surface area contributed by atoms with Gasteiger partial charge >= 0.3 is 17.1 Å². The van der Waals surface area contributed by atoms with Crippen molar-refractivity contribution >= 4 is 39.7 Å². The van der Waals surface area contributed by atoms with Crippen molar-refractivity contribution in [3.63, 3.8) is 0 Å². The van der Waals surface area contributed by atoms with E-state index in [1.807, 2.05) is 24.3 Å². The Kier molecular flexibility index (Phi) is 8.67. The number of carbonyl (C=O) groups excluding carboxylic acids is 1. The molecule has 0 spiro atoms. The molecule has 5 nitrogen and oxygen atoms in total. The summed E-state index contributed by atoms with van der Waals surface area (Å²) in [6.45, 7) is 20.3. The summed E-state index contributed by atoms with van der Waals surface area (Å²) in [6, 6.07) is 0.860.